The predicted molar refractivity (Wildman–Crippen MR) is 165 cm³/mol. The number of amides is 2. The monoisotopic (exact) mass is 554 g/mol. The first-order valence-corrected chi connectivity index (χ1v) is 15.3. The van der Waals surface area contributed by atoms with Crippen LogP contribution in [0.3, 0.4) is 0 Å². The van der Waals surface area contributed by atoms with Gasteiger partial charge < -0.3 is 11.1 Å². The lowest BCUT2D eigenvalue weighted by atomic mass is 9.88. The van der Waals surface area contributed by atoms with Gasteiger partial charge >= 0.3 is 0 Å². The van der Waals surface area contributed by atoms with E-state index < -0.39 is 0 Å². The molecule has 0 aliphatic carbocycles. The first kappa shape index (κ1) is 30.4. The Balaban J connectivity index is 1.12. The van der Waals surface area contributed by atoms with Gasteiger partial charge in [0.05, 0.1) is 6.04 Å². The van der Waals surface area contributed by atoms with Gasteiger partial charge in [-0.25, -0.2) is 0 Å². The molecule has 2 amide bonds. The molecule has 6 heteroatoms. The highest BCUT2D eigenvalue weighted by Crippen LogP contribution is 2.33. The second kappa shape index (κ2) is 16.1. The van der Waals surface area contributed by atoms with Gasteiger partial charge in [-0.05, 0) is 73.9 Å². The second-order valence-electron chi connectivity index (χ2n) is 11.6. The lowest BCUT2D eigenvalue weighted by Crippen LogP contribution is -2.37. The Hall–Kier alpha value is -3.51. The Labute approximate surface area is 245 Å². The van der Waals surface area contributed by atoms with Crippen molar-refractivity contribution in [1.29, 1.82) is 0 Å². The van der Waals surface area contributed by atoms with Crippen LogP contribution in [0.15, 0.2) is 85.2 Å². The highest BCUT2D eigenvalue weighted by Gasteiger charge is 2.27. The summed E-state index contributed by atoms with van der Waals surface area (Å²) in [6.07, 6.45) is 11.5. The fourth-order valence-electron chi connectivity index (χ4n) is 6.14. The molecule has 1 aliphatic rings. The van der Waals surface area contributed by atoms with Crippen LogP contribution in [-0.4, -0.2) is 41.3 Å². The van der Waals surface area contributed by atoms with Crippen LogP contribution in [0.2, 0.25) is 0 Å². The van der Waals surface area contributed by atoms with Crippen molar-refractivity contribution in [2.24, 2.45) is 23.5 Å². The highest BCUT2D eigenvalue weighted by atomic mass is 16.2. The van der Waals surface area contributed by atoms with Crippen LogP contribution in [0.1, 0.15) is 74.6 Å². The summed E-state index contributed by atoms with van der Waals surface area (Å²) in [5.74, 6) is -0.221. The molecule has 4 rings (SSSR count). The molecule has 3 aromatic rings. The summed E-state index contributed by atoms with van der Waals surface area (Å²) in [6.45, 7) is 4.81. The van der Waals surface area contributed by atoms with Crippen LogP contribution in [0.25, 0.3) is 0 Å². The van der Waals surface area contributed by atoms with E-state index in [-0.39, 0.29) is 23.7 Å². The zero-order chi connectivity index (χ0) is 28.9. The molecule has 1 saturated heterocycles. The quantitative estimate of drug-likeness (QED) is 0.228. The van der Waals surface area contributed by atoms with Crippen molar-refractivity contribution in [2.75, 3.05) is 19.6 Å². The maximum Gasteiger partial charge on any atom is 0.222 e. The van der Waals surface area contributed by atoms with Gasteiger partial charge in [-0.2, -0.15) is 0 Å². The number of rotatable bonds is 15. The van der Waals surface area contributed by atoms with Gasteiger partial charge in [0, 0.05) is 30.8 Å². The van der Waals surface area contributed by atoms with Crippen LogP contribution in [0.5, 0.6) is 0 Å². The number of unbranched alkanes of at least 4 members (excludes halogenated alkanes) is 2. The molecule has 2 atom stereocenters. The van der Waals surface area contributed by atoms with Crippen molar-refractivity contribution < 1.29 is 9.59 Å². The molecule has 0 radical (unpaired) electrons. The van der Waals surface area contributed by atoms with Crippen LogP contribution in [-0.2, 0) is 16.0 Å². The van der Waals surface area contributed by atoms with Gasteiger partial charge in [-0.15, -0.1) is 0 Å². The average Bonchev–Trinajstić information content (AvgIpc) is 3.01. The van der Waals surface area contributed by atoms with Crippen LogP contribution in [0, 0.1) is 17.8 Å². The Morgan fingerprint density at radius 1 is 0.927 bits per heavy atom. The molecule has 0 saturated carbocycles. The summed E-state index contributed by atoms with van der Waals surface area (Å²) in [5, 5.41) is 3.07. The Bertz CT molecular complexity index is 1140. The SMILES string of the molecule is CC(CC(Cc1cccnc1)C(N)=O)C(=O)NCCCCCC1CCN(C(c2ccccc2)c2ccccc2)CC1. The number of piperidine rings is 1. The van der Waals surface area contributed by atoms with E-state index in [9.17, 15) is 9.59 Å². The lowest BCUT2D eigenvalue weighted by molar-refractivity contribution is -0.126. The van der Waals surface area contributed by atoms with Gasteiger partial charge in [0.1, 0.15) is 0 Å². The van der Waals surface area contributed by atoms with Gasteiger partial charge in [-0.1, -0.05) is 92.9 Å². The molecular weight excluding hydrogens is 508 g/mol. The summed E-state index contributed by atoms with van der Waals surface area (Å²) in [7, 11) is 0. The van der Waals surface area contributed by atoms with Crippen molar-refractivity contribution in [2.45, 2.75) is 64.3 Å². The van der Waals surface area contributed by atoms with Gasteiger partial charge in [0.2, 0.25) is 11.8 Å². The number of nitrogens with one attached hydrogen (secondary N) is 1. The second-order valence-corrected chi connectivity index (χ2v) is 11.6. The van der Waals surface area contributed by atoms with Crippen molar-refractivity contribution in [1.82, 2.24) is 15.2 Å². The lowest BCUT2D eigenvalue weighted by Gasteiger charge is -2.38. The number of nitrogens with zero attached hydrogens (tertiary/aromatic N) is 2. The number of aromatic nitrogens is 1. The fourth-order valence-corrected chi connectivity index (χ4v) is 6.14. The van der Waals surface area contributed by atoms with Gasteiger partial charge in [0.15, 0.2) is 0 Å². The number of nitrogens with two attached hydrogens (primary N) is 1. The molecule has 6 nitrogen and oxygen atoms in total. The van der Waals surface area contributed by atoms with Gasteiger partial charge in [-0.3, -0.25) is 19.5 Å². The minimum absolute atomic E-state index is 0.00111. The fraction of sp³-hybridized carbons (Fsp3) is 0.457. The van der Waals surface area contributed by atoms with Crippen molar-refractivity contribution in [3.05, 3.63) is 102 Å². The molecule has 0 bridgehead atoms. The largest absolute Gasteiger partial charge is 0.369 e. The van der Waals surface area contributed by atoms with E-state index >= 15 is 0 Å². The summed E-state index contributed by atoms with van der Waals surface area (Å²) in [4.78, 5) is 31.4. The van der Waals surface area contributed by atoms with E-state index in [1.807, 2.05) is 19.1 Å². The van der Waals surface area contributed by atoms with Crippen molar-refractivity contribution in [3.8, 4) is 0 Å². The molecule has 2 heterocycles. The Morgan fingerprint density at radius 2 is 1.59 bits per heavy atom. The Kier molecular flexibility index (Phi) is 11.9. The van der Waals surface area contributed by atoms with Crippen molar-refractivity contribution in [3.63, 3.8) is 0 Å². The maximum atomic E-state index is 12.6. The van der Waals surface area contributed by atoms with E-state index in [2.05, 4.69) is 75.9 Å². The number of carbonyl (C=O) groups is 2. The molecule has 1 aromatic heterocycles. The number of carbonyl (C=O) groups excluding carboxylic acids is 2. The summed E-state index contributed by atoms with van der Waals surface area (Å²) in [6, 6.07) is 25.9. The van der Waals surface area contributed by atoms with E-state index in [1.54, 1.807) is 12.4 Å². The summed E-state index contributed by atoms with van der Waals surface area (Å²) >= 11 is 0. The smallest absolute Gasteiger partial charge is 0.222 e. The predicted octanol–water partition coefficient (Wildman–Crippen LogP) is 5.93. The third-order valence-electron chi connectivity index (χ3n) is 8.53. The third-order valence-corrected chi connectivity index (χ3v) is 8.53. The topological polar surface area (TPSA) is 88.3 Å². The van der Waals surface area contributed by atoms with Crippen LogP contribution >= 0.6 is 0 Å². The standard InChI is InChI=1S/C35H46N4O2/c1-27(24-32(34(36)40)25-29-13-11-20-37-26-29)35(41)38-21-10-4-5-12-28-18-22-39(23-19-28)33(30-14-6-2-7-15-30)31-16-8-3-9-17-31/h2-3,6-9,11,13-17,20,26-28,32-33H,4-5,10,12,18-19,21-25H2,1H3,(H2,36,40)(H,38,41). The average molecular weight is 555 g/mol. The molecule has 41 heavy (non-hydrogen) atoms. The minimum Gasteiger partial charge on any atom is -0.369 e. The minimum atomic E-state index is -0.373. The number of benzene rings is 2. The molecule has 2 aromatic carbocycles. The summed E-state index contributed by atoms with van der Waals surface area (Å²) in [5.41, 5.74) is 9.33. The number of pyridine rings is 1. The highest BCUT2D eigenvalue weighted by molar-refractivity contribution is 5.81. The number of hydrogen-bond donors (Lipinski definition) is 2. The molecule has 218 valence electrons. The Morgan fingerprint density at radius 3 is 2.17 bits per heavy atom. The van der Waals surface area contributed by atoms with Gasteiger partial charge in [0.25, 0.3) is 0 Å². The first-order valence-electron chi connectivity index (χ1n) is 15.3. The molecule has 1 fully saturated rings. The normalized spacial score (nSPS) is 15.9. The zero-order valence-electron chi connectivity index (χ0n) is 24.5. The third kappa shape index (κ3) is 9.53. The van der Waals surface area contributed by atoms with Crippen molar-refractivity contribution >= 4 is 11.8 Å². The van der Waals surface area contributed by atoms with E-state index in [1.165, 1.54) is 36.8 Å². The number of primary amides is 1. The first-order chi connectivity index (χ1) is 20.0. The van der Waals surface area contributed by atoms with E-state index in [0.717, 1.165) is 37.4 Å². The van der Waals surface area contributed by atoms with Crippen LogP contribution in [0.4, 0.5) is 0 Å². The molecule has 0 spiro atoms. The van der Waals surface area contributed by atoms with Crippen LogP contribution < -0.4 is 11.1 Å². The summed E-state index contributed by atoms with van der Waals surface area (Å²) < 4.78 is 0. The maximum absolute atomic E-state index is 12.6. The number of hydrogen-bond acceptors (Lipinski definition) is 4. The number of likely N-dealkylation sites (tertiary alicyclic amines) is 1. The molecule has 3 N–H and O–H groups in total. The molecular formula is C35H46N4O2. The zero-order valence-corrected chi connectivity index (χ0v) is 24.5. The van der Waals surface area contributed by atoms with E-state index in [0.29, 0.717) is 25.4 Å². The molecule has 1 aliphatic heterocycles. The molecule has 2 unspecified atom stereocenters. The van der Waals surface area contributed by atoms with E-state index in [4.69, 9.17) is 5.73 Å².